The molecule has 0 unspecified atom stereocenters. The minimum atomic E-state index is 0.251. The van der Waals surface area contributed by atoms with Crippen LogP contribution < -0.4 is 14.8 Å². The number of terminal acetylenes is 1. The van der Waals surface area contributed by atoms with Crippen molar-refractivity contribution >= 4 is 0 Å². The highest BCUT2D eigenvalue weighted by atomic mass is 16.5. The number of benzene rings is 1. The zero-order valence-electron chi connectivity index (χ0n) is 12.0. The highest BCUT2D eigenvalue weighted by Gasteiger charge is 2.10. The minimum Gasteiger partial charge on any atom is -0.490 e. The van der Waals surface area contributed by atoms with Crippen LogP contribution in [0.2, 0.25) is 0 Å². The number of rotatable bonds is 8. The molecule has 104 valence electrons. The molecule has 1 aromatic rings. The lowest BCUT2D eigenvalue weighted by Gasteiger charge is -2.15. The molecule has 0 bridgehead atoms. The number of hydrogen-bond donors (Lipinski definition) is 1. The Morgan fingerprint density at radius 3 is 2.74 bits per heavy atom. The molecule has 1 N–H and O–H groups in total. The van der Waals surface area contributed by atoms with E-state index in [0.29, 0.717) is 12.5 Å². The predicted octanol–water partition coefficient (Wildman–Crippen LogP) is 2.84. The molecule has 1 aromatic carbocycles. The molecule has 0 radical (unpaired) electrons. The quantitative estimate of drug-likeness (QED) is 0.730. The molecule has 0 heterocycles. The van der Waals surface area contributed by atoms with Crippen molar-refractivity contribution in [2.75, 3.05) is 19.8 Å². The second kappa shape index (κ2) is 8.44. The van der Waals surface area contributed by atoms with E-state index in [1.165, 1.54) is 0 Å². The van der Waals surface area contributed by atoms with Gasteiger partial charge in [0.25, 0.3) is 0 Å². The average Bonchev–Trinajstić information content (AvgIpc) is 2.38. The summed E-state index contributed by atoms with van der Waals surface area (Å²) in [5.41, 5.74) is 1.07. The summed E-state index contributed by atoms with van der Waals surface area (Å²) < 4.78 is 11.2. The van der Waals surface area contributed by atoms with Gasteiger partial charge >= 0.3 is 0 Å². The minimum absolute atomic E-state index is 0.251. The van der Waals surface area contributed by atoms with Crippen molar-refractivity contribution in [2.24, 2.45) is 5.92 Å². The van der Waals surface area contributed by atoms with Gasteiger partial charge in [-0.25, -0.2) is 0 Å². The Morgan fingerprint density at radius 1 is 1.32 bits per heavy atom. The van der Waals surface area contributed by atoms with E-state index in [-0.39, 0.29) is 6.61 Å². The second-order valence-electron chi connectivity index (χ2n) is 4.69. The van der Waals surface area contributed by atoms with Crippen LogP contribution >= 0.6 is 0 Å². The first-order valence-corrected chi connectivity index (χ1v) is 6.70. The molecule has 0 saturated heterocycles. The summed E-state index contributed by atoms with van der Waals surface area (Å²) in [7, 11) is 0. The third kappa shape index (κ3) is 5.23. The Balaban J connectivity index is 2.81. The van der Waals surface area contributed by atoms with Gasteiger partial charge in [-0.3, -0.25) is 0 Å². The SMILES string of the molecule is C#CCOc1c(CNCC(C)C)cccc1OCC. The zero-order valence-corrected chi connectivity index (χ0v) is 12.0. The summed E-state index contributed by atoms with van der Waals surface area (Å²) in [5, 5.41) is 3.40. The molecule has 0 aromatic heterocycles. The maximum absolute atomic E-state index is 5.63. The number of ether oxygens (including phenoxy) is 2. The van der Waals surface area contributed by atoms with Crippen molar-refractivity contribution in [1.82, 2.24) is 5.32 Å². The Hall–Kier alpha value is -1.66. The molecule has 19 heavy (non-hydrogen) atoms. The third-order valence-electron chi connectivity index (χ3n) is 2.53. The van der Waals surface area contributed by atoms with Crippen LogP contribution in [0, 0.1) is 18.3 Å². The standard InChI is InChI=1S/C16H23NO2/c1-5-10-19-16-14(12-17-11-13(3)4)8-7-9-15(16)18-6-2/h1,7-9,13,17H,6,10-12H2,2-4H3. The van der Waals surface area contributed by atoms with Crippen LogP contribution in [-0.4, -0.2) is 19.8 Å². The average molecular weight is 261 g/mol. The monoisotopic (exact) mass is 261 g/mol. The molecular formula is C16H23NO2. The molecule has 0 amide bonds. The number of hydrogen-bond acceptors (Lipinski definition) is 3. The molecule has 0 saturated carbocycles. The van der Waals surface area contributed by atoms with E-state index in [4.69, 9.17) is 15.9 Å². The van der Waals surface area contributed by atoms with Crippen molar-refractivity contribution in [1.29, 1.82) is 0 Å². The smallest absolute Gasteiger partial charge is 0.167 e. The van der Waals surface area contributed by atoms with Gasteiger partial charge in [0.1, 0.15) is 6.61 Å². The number of para-hydroxylation sites is 1. The summed E-state index contributed by atoms with van der Waals surface area (Å²) in [6.45, 7) is 8.89. The largest absolute Gasteiger partial charge is 0.490 e. The molecule has 0 atom stereocenters. The van der Waals surface area contributed by atoms with Gasteiger partial charge in [-0.2, -0.15) is 0 Å². The number of nitrogens with one attached hydrogen (secondary N) is 1. The highest BCUT2D eigenvalue weighted by molar-refractivity contribution is 5.46. The van der Waals surface area contributed by atoms with Gasteiger partial charge in [0.2, 0.25) is 0 Å². The molecule has 0 aliphatic heterocycles. The van der Waals surface area contributed by atoms with E-state index in [0.717, 1.165) is 30.2 Å². The normalized spacial score (nSPS) is 10.3. The summed E-state index contributed by atoms with van der Waals surface area (Å²) in [6.07, 6.45) is 5.26. The maximum Gasteiger partial charge on any atom is 0.167 e. The van der Waals surface area contributed by atoms with E-state index in [1.54, 1.807) is 0 Å². The fourth-order valence-corrected chi connectivity index (χ4v) is 1.74. The van der Waals surface area contributed by atoms with Gasteiger partial charge in [-0.1, -0.05) is 31.9 Å². The Kier molecular flexibility index (Phi) is 6.84. The van der Waals surface area contributed by atoms with E-state index >= 15 is 0 Å². The van der Waals surface area contributed by atoms with Crippen molar-refractivity contribution in [3.63, 3.8) is 0 Å². The van der Waals surface area contributed by atoms with Gasteiger partial charge in [-0.15, -0.1) is 6.42 Å². The lowest BCUT2D eigenvalue weighted by Crippen LogP contribution is -2.19. The van der Waals surface area contributed by atoms with Gasteiger partial charge in [0.05, 0.1) is 6.61 Å². The predicted molar refractivity (Wildman–Crippen MR) is 78.5 cm³/mol. The van der Waals surface area contributed by atoms with Crippen LogP contribution in [0.4, 0.5) is 0 Å². The van der Waals surface area contributed by atoms with Gasteiger partial charge in [-0.05, 0) is 25.5 Å². The lowest BCUT2D eigenvalue weighted by atomic mass is 10.1. The Labute approximate surface area is 116 Å². The Morgan fingerprint density at radius 2 is 2.11 bits per heavy atom. The van der Waals surface area contributed by atoms with Crippen LogP contribution in [0.15, 0.2) is 18.2 Å². The maximum atomic E-state index is 5.63. The third-order valence-corrected chi connectivity index (χ3v) is 2.53. The summed E-state index contributed by atoms with van der Waals surface area (Å²) >= 11 is 0. The van der Waals surface area contributed by atoms with Crippen LogP contribution in [0.3, 0.4) is 0 Å². The topological polar surface area (TPSA) is 30.5 Å². The van der Waals surface area contributed by atoms with Crippen LogP contribution in [0.5, 0.6) is 11.5 Å². The molecule has 0 spiro atoms. The van der Waals surface area contributed by atoms with Crippen LogP contribution in [0.25, 0.3) is 0 Å². The van der Waals surface area contributed by atoms with E-state index in [1.807, 2.05) is 25.1 Å². The fraction of sp³-hybridized carbons (Fsp3) is 0.500. The van der Waals surface area contributed by atoms with Crippen LogP contribution in [-0.2, 0) is 6.54 Å². The molecular weight excluding hydrogens is 238 g/mol. The highest BCUT2D eigenvalue weighted by Crippen LogP contribution is 2.31. The van der Waals surface area contributed by atoms with Crippen molar-refractivity contribution < 1.29 is 9.47 Å². The van der Waals surface area contributed by atoms with E-state index < -0.39 is 0 Å². The van der Waals surface area contributed by atoms with Gasteiger partial charge in [0, 0.05) is 12.1 Å². The molecule has 1 rings (SSSR count). The van der Waals surface area contributed by atoms with Gasteiger partial charge < -0.3 is 14.8 Å². The first kappa shape index (κ1) is 15.4. The van der Waals surface area contributed by atoms with Crippen LogP contribution in [0.1, 0.15) is 26.3 Å². The first-order valence-electron chi connectivity index (χ1n) is 6.70. The molecule has 3 nitrogen and oxygen atoms in total. The summed E-state index contributed by atoms with van der Waals surface area (Å²) in [4.78, 5) is 0. The van der Waals surface area contributed by atoms with Crippen molar-refractivity contribution in [3.05, 3.63) is 23.8 Å². The molecule has 0 aliphatic carbocycles. The molecule has 0 fully saturated rings. The lowest BCUT2D eigenvalue weighted by molar-refractivity contribution is 0.296. The first-order chi connectivity index (χ1) is 9.19. The van der Waals surface area contributed by atoms with E-state index in [9.17, 15) is 0 Å². The second-order valence-corrected chi connectivity index (χ2v) is 4.69. The Bertz CT molecular complexity index is 421. The summed E-state index contributed by atoms with van der Waals surface area (Å²) in [5.74, 6) is 4.60. The molecule has 3 heteroatoms. The van der Waals surface area contributed by atoms with Crippen molar-refractivity contribution in [3.8, 4) is 23.8 Å². The van der Waals surface area contributed by atoms with E-state index in [2.05, 4.69) is 25.1 Å². The zero-order chi connectivity index (χ0) is 14.1. The van der Waals surface area contributed by atoms with Crippen molar-refractivity contribution in [2.45, 2.75) is 27.3 Å². The summed E-state index contributed by atoms with van der Waals surface area (Å²) in [6, 6.07) is 5.91. The van der Waals surface area contributed by atoms with Gasteiger partial charge in [0.15, 0.2) is 11.5 Å². The fourth-order valence-electron chi connectivity index (χ4n) is 1.74. The molecule has 0 aliphatic rings.